The fourth-order valence-corrected chi connectivity index (χ4v) is 4.07. The van der Waals surface area contributed by atoms with Crippen molar-refractivity contribution in [2.24, 2.45) is 0 Å². The number of carboxylic acid groups (broad SMARTS) is 1. The molecular weight excluding hydrogens is 284 g/mol. The molecule has 0 unspecified atom stereocenters. The zero-order valence-electron chi connectivity index (χ0n) is 12.4. The van der Waals surface area contributed by atoms with Crippen LogP contribution in [0.15, 0.2) is 10.9 Å². The third-order valence-corrected chi connectivity index (χ3v) is 4.90. The molecule has 0 aromatic carbocycles. The van der Waals surface area contributed by atoms with Gasteiger partial charge in [-0.15, -0.1) is 0 Å². The molecule has 0 amide bonds. The molecular formula is C15H16N4O3. The highest BCUT2D eigenvalue weighted by Gasteiger charge is 2.51. The Bertz CT molecular complexity index is 866. The average Bonchev–Trinajstić information content (AvgIpc) is 3.05. The molecule has 1 saturated carbocycles. The highest BCUT2D eigenvalue weighted by molar-refractivity contribution is 5.88. The maximum Gasteiger partial charge on any atom is 0.356 e. The van der Waals surface area contributed by atoms with E-state index in [0.29, 0.717) is 11.6 Å². The number of nitrogens with zero attached hydrogens (tertiary/aromatic N) is 3. The Kier molecular flexibility index (Phi) is 2.44. The number of aryl methyl sites for hydroxylation is 1. The van der Waals surface area contributed by atoms with Gasteiger partial charge < -0.3 is 5.11 Å². The van der Waals surface area contributed by atoms with Crippen molar-refractivity contribution in [1.29, 1.82) is 0 Å². The number of aromatic carboxylic acids is 1. The predicted molar refractivity (Wildman–Crippen MR) is 77.6 cm³/mol. The molecule has 2 heterocycles. The van der Waals surface area contributed by atoms with E-state index in [1.165, 1.54) is 10.7 Å². The minimum atomic E-state index is -1.03. The lowest BCUT2D eigenvalue weighted by molar-refractivity contribution is 0.0688. The van der Waals surface area contributed by atoms with Crippen molar-refractivity contribution in [3.8, 4) is 5.95 Å². The minimum Gasteiger partial charge on any atom is -0.476 e. The Balaban J connectivity index is 2.03. The molecule has 4 rings (SSSR count). The average molecular weight is 300 g/mol. The molecule has 114 valence electrons. The number of nitrogens with one attached hydrogen (secondary N) is 1. The zero-order valence-corrected chi connectivity index (χ0v) is 12.4. The summed E-state index contributed by atoms with van der Waals surface area (Å²) in [5.74, 6) is -0.486. The second-order valence-corrected chi connectivity index (χ2v) is 6.54. The van der Waals surface area contributed by atoms with Crippen molar-refractivity contribution in [3.63, 3.8) is 0 Å². The molecule has 0 radical (unpaired) electrons. The van der Waals surface area contributed by atoms with Gasteiger partial charge in [0.1, 0.15) is 0 Å². The molecule has 0 saturated heterocycles. The summed E-state index contributed by atoms with van der Waals surface area (Å²) in [5.41, 5.74) is 2.03. The molecule has 7 nitrogen and oxygen atoms in total. The number of aromatic amines is 1. The molecule has 2 aromatic heterocycles. The number of carbonyl (C=O) groups is 1. The molecule has 0 aliphatic heterocycles. The maximum absolute atomic E-state index is 11.7. The largest absolute Gasteiger partial charge is 0.476 e. The van der Waals surface area contributed by atoms with Crippen LogP contribution in [0.25, 0.3) is 5.95 Å². The van der Waals surface area contributed by atoms with Gasteiger partial charge in [-0.2, -0.15) is 5.10 Å². The molecule has 0 spiro atoms. The number of aromatic nitrogens is 4. The van der Waals surface area contributed by atoms with E-state index in [9.17, 15) is 14.7 Å². The van der Waals surface area contributed by atoms with Gasteiger partial charge in [-0.3, -0.25) is 9.78 Å². The highest BCUT2D eigenvalue weighted by Crippen LogP contribution is 2.58. The van der Waals surface area contributed by atoms with E-state index < -0.39 is 5.97 Å². The zero-order chi connectivity index (χ0) is 15.6. The van der Waals surface area contributed by atoms with Crippen LogP contribution in [0.2, 0.25) is 0 Å². The van der Waals surface area contributed by atoms with E-state index in [1.54, 1.807) is 6.92 Å². The van der Waals surface area contributed by atoms with Crippen molar-refractivity contribution < 1.29 is 9.90 Å². The van der Waals surface area contributed by atoms with Gasteiger partial charge in [0.25, 0.3) is 5.56 Å². The number of carboxylic acids is 1. The smallest absolute Gasteiger partial charge is 0.356 e. The van der Waals surface area contributed by atoms with E-state index in [-0.39, 0.29) is 22.6 Å². The molecule has 2 atom stereocenters. The minimum absolute atomic E-state index is 0.0904. The van der Waals surface area contributed by atoms with Crippen molar-refractivity contribution in [2.75, 3.05) is 0 Å². The first kappa shape index (κ1) is 13.2. The second kappa shape index (κ2) is 4.06. The van der Waals surface area contributed by atoms with Crippen molar-refractivity contribution in [1.82, 2.24) is 19.7 Å². The van der Waals surface area contributed by atoms with Gasteiger partial charge in [-0.1, -0.05) is 6.92 Å². The van der Waals surface area contributed by atoms with Crippen molar-refractivity contribution >= 4 is 5.97 Å². The van der Waals surface area contributed by atoms with E-state index in [1.807, 2.05) is 0 Å². The number of rotatable bonds is 2. The molecule has 2 bridgehead atoms. The molecule has 2 N–H and O–H groups in total. The first-order valence-corrected chi connectivity index (χ1v) is 7.34. The summed E-state index contributed by atoms with van der Waals surface area (Å²) in [6, 6.07) is 1.40. The molecule has 7 heteroatoms. The van der Waals surface area contributed by atoms with Crippen molar-refractivity contribution in [3.05, 3.63) is 39.1 Å². The van der Waals surface area contributed by atoms with Crippen LogP contribution in [-0.2, 0) is 5.41 Å². The summed E-state index contributed by atoms with van der Waals surface area (Å²) in [5, 5.41) is 13.7. The van der Waals surface area contributed by atoms with E-state index in [2.05, 4.69) is 22.0 Å². The third kappa shape index (κ3) is 1.62. The van der Waals surface area contributed by atoms with E-state index >= 15 is 0 Å². The van der Waals surface area contributed by atoms with Gasteiger partial charge >= 0.3 is 5.97 Å². The summed E-state index contributed by atoms with van der Waals surface area (Å²) in [4.78, 5) is 30.2. The first-order valence-electron chi connectivity index (χ1n) is 7.34. The molecule has 22 heavy (non-hydrogen) atoms. The number of H-pyrrole nitrogens is 1. The maximum atomic E-state index is 11.7. The number of fused-ring (bicyclic) bond motifs is 5. The lowest BCUT2D eigenvalue weighted by Crippen LogP contribution is -2.23. The van der Waals surface area contributed by atoms with Crippen LogP contribution in [0.1, 0.15) is 59.5 Å². The summed E-state index contributed by atoms with van der Waals surface area (Å²) in [7, 11) is 0. The predicted octanol–water partition coefficient (Wildman–Crippen LogP) is 1.50. The van der Waals surface area contributed by atoms with Crippen LogP contribution in [0.5, 0.6) is 0 Å². The van der Waals surface area contributed by atoms with Gasteiger partial charge in [0.2, 0.25) is 5.95 Å². The molecule has 2 aliphatic carbocycles. The Labute approximate surface area is 126 Å². The SMILES string of the molecule is Cc1cc(=O)[nH]c(-n2nc(C(=O)O)c3c2[C@]2(C)CC[C@H]3C2)n1. The van der Waals surface area contributed by atoms with Gasteiger partial charge in [0.15, 0.2) is 5.69 Å². The van der Waals surface area contributed by atoms with Gasteiger partial charge in [-0.05, 0) is 32.1 Å². The van der Waals surface area contributed by atoms with Crippen LogP contribution in [0.4, 0.5) is 0 Å². The lowest BCUT2D eigenvalue weighted by atomic mass is 9.85. The normalized spacial score (nSPS) is 25.5. The highest BCUT2D eigenvalue weighted by atomic mass is 16.4. The third-order valence-electron chi connectivity index (χ3n) is 4.90. The fourth-order valence-electron chi connectivity index (χ4n) is 4.07. The Morgan fingerprint density at radius 2 is 2.32 bits per heavy atom. The van der Waals surface area contributed by atoms with Crippen LogP contribution in [0, 0.1) is 6.92 Å². The van der Waals surface area contributed by atoms with Crippen molar-refractivity contribution in [2.45, 2.75) is 44.4 Å². The summed E-state index contributed by atoms with van der Waals surface area (Å²) in [6.07, 6.45) is 2.94. The Hall–Kier alpha value is -2.44. The molecule has 2 aliphatic rings. The molecule has 2 aromatic rings. The van der Waals surface area contributed by atoms with E-state index in [0.717, 1.165) is 30.5 Å². The van der Waals surface area contributed by atoms with Crippen LogP contribution in [0.3, 0.4) is 0 Å². The van der Waals surface area contributed by atoms with Crippen LogP contribution < -0.4 is 5.56 Å². The number of hydrogen-bond donors (Lipinski definition) is 2. The van der Waals surface area contributed by atoms with Crippen LogP contribution in [-0.4, -0.2) is 30.8 Å². The van der Waals surface area contributed by atoms with Crippen LogP contribution >= 0.6 is 0 Å². The first-order chi connectivity index (χ1) is 10.4. The lowest BCUT2D eigenvalue weighted by Gasteiger charge is -2.23. The van der Waals surface area contributed by atoms with E-state index in [4.69, 9.17) is 0 Å². The summed E-state index contributed by atoms with van der Waals surface area (Å²) < 4.78 is 1.53. The second-order valence-electron chi connectivity index (χ2n) is 6.54. The molecule has 1 fully saturated rings. The fraction of sp³-hybridized carbons (Fsp3) is 0.467. The summed E-state index contributed by atoms with van der Waals surface area (Å²) in [6.45, 7) is 3.87. The monoisotopic (exact) mass is 300 g/mol. The standard InChI is InChI=1S/C15H16N4O3/c1-7-5-9(20)17-14(16-7)19-12-10(11(18-19)13(21)22)8-3-4-15(12,2)6-8/h5,8H,3-4,6H2,1-2H3,(H,21,22)(H,16,17,20)/t8-,15+/m0/s1. The van der Waals surface area contributed by atoms with Gasteiger partial charge in [0.05, 0.1) is 5.69 Å². The summed E-state index contributed by atoms with van der Waals surface area (Å²) >= 11 is 0. The van der Waals surface area contributed by atoms with Gasteiger partial charge in [0, 0.05) is 22.7 Å². The number of hydrogen-bond acceptors (Lipinski definition) is 4. The topological polar surface area (TPSA) is 101 Å². The Morgan fingerprint density at radius 3 is 3.00 bits per heavy atom. The Morgan fingerprint density at radius 1 is 1.55 bits per heavy atom. The quantitative estimate of drug-likeness (QED) is 0.875. The van der Waals surface area contributed by atoms with Gasteiger partial charge in [-0.25, -0.2) is 14.5 Å².